The van der Waals surface area contributed by atoms with Crippen molar-refractivity contribution in [3.8, 4) is 17.2 Å². The molecule has 3 aromatic carbocycles. The molecule has 7 nitrogen and oxygen atoms in total. The second-order valence-electron chi connectivity index (χ2n) is 7.45. The highest BCUT2D eigenvalue weighted by molar-refractivity contribution is 7.80. The first kappa shape index (κ1) is 24.3. The van der Waals surface area contributed by atoms with Gasteiger partial charge in [0.15, 0.2) is 16.6 Å². The first-order chi connectivity index (χ1) is 16.9. The number of halogens is 1. The summed E-state index contributed by atoms with van der Waals surface area (Å²) in [6.45, 7) is 0.256. The molecule has 2 amide bonds. The molecule has 0 atom stereocenters. The van der Waals surface area contributed by atoms with Gasteiger partial charge in [0.2, 0.25) is 0 Å². The lowest BCUT2D eigenvalue weighted by Gasteiger charge is -2.29. The van der Waals surface area contributed by atoms with Crippen molar-refractivity contribution in [3.63, 3.8) is 0 Å². The van der Waals surface area contributed by atoms with E-state index in [1.54, 1.807) is 55.6 Å². The normalized spacial score (nSPS) is 14.7. The third-order valence-corrected chi connectivity index (χ3v) is 5.93. The van der Waals surface area contributed by atoms with Crippen LogP contribution >= 0.6 is 23.8 Å². The molecule has 1 N–H and O–H groups in total. The number of nitrogens with zero attached hydrogens (tertiary/aromatic N) is 1. The summed E-state index contributed by atoms with van der Waals surface area (Å²) in [6, 6.07) is 19.3. The number of carbonyl (C=O) groups excluding carboxylic acids is 2. The predicted octanol–water partition coefficient (Wildman–Crippen LogP) is 4.77. The summed E-state index contributed by atoms with van der Waals surface area (Å²) in [5.74, 6) is 0.449. The Morgan fingerprint density at radius 2 is 1.71 bits per heavy atom. The van der Waals surface area contributed by atoms with Gasteiger partial charge >= 0.3 is 0 Å². The number of carbonyl (C=O) groups is 2. The molecule has 0 aliphatic carbocycles. The molecule has 4 rings (SSSR count). The second-order valence-corrected chi connectivity index (χ2v) is 8.24. The van der Waals surface area contributed by atoms with E-state index >= 15 is 0 Å². The number of nitrogens with one attached hydrogen (secondary N) is 1. The smallest absolute Gasteiger partial charge is 0.270 e. The van der Waals surface area contributed by atoms with E-state index in [9.17, 15) is 9.59 Å². The molecule has 1 heterocycles. The predicted molar refractivity (Wildman–Crippen MR) is 138 cm³/mol. The number of amides is 2. The van der Waals surface area contributed by atoms with Crippen LogP contribution in [-0.2, 0) is 16.2 Å². The summed E-state index contributed by atoms with van der Waals surface area (Å²) >= 11 is 11.4. The minimum atomic E-state index is -0.581. The van der Waals surface area contributed by atoms with Crippen molar-refractivity contribution in [2.75, 3.05) is 19.1 Å². The second kappa shape index (κ2) is 10.6. The zero-order valence-corrected chi connectivity index (χ0v) is 20.5. The van der Waals surface area contributed by atoms with Crippen molar-refractivity contribution in [2.24, 2.45) is 0 Å². The van der Waals surface area contributed by atoms with Gasteiger partial charge in [0.1, 0.15) is 17.9 Å². The molecule has 1 fully saturated rings. The van der Waals surface area contributed by atoms with Crippen LogP contribution in [0.25, 0.3) is 6.08 Å². The van der Waals surface area contributed by atoms with E-state index in [1.165, 1.54) is 18.1 Å². The van der Waals surface area contributed by atoms with Crippen LogP contribution in [0.3, 0.4) is 0 Å². The number of hydrogen-bond acceptors (Lipinski definition) is 6. The SMILES string of the molecule is COc1ccc(N2C(=O)C(=Cc3ccc(OCc4ccccc4Cl)c(OC)c3)C(=O)NC2=S)cc1. The van der Waals surface area contributed by atoms with Gasteiger partial charge in [-0.3, -0.25) is 19.8 Å². The van der Waals surface area contributed by atoms with E-state index < -0.39 is 11.8 Å². The molecule has 0 bridgehead atoms. The van der Waals surface area contributed by atoms with Crippen LogP contribution in [-0.4, -0.2) is 31.1 Å². The Morgan fingerprint density at radius 3 is 2.40 bits per heavy atom. The zero-order chi connectivity index (χ0) is 24.9. The maximum atomic E-state index is 13.2. The Balaban J connectivity index is 1.59. The standard InChI is InChI=1S/C26H21ClN2O5S/c1-32-19-10-8-18(9-11-19)29-25(31)20(24(30)28-26(29)35)13-16-7-12-22(23(14-16)33-2)34-15-17-5-3-4-6-21(17)27/h3-14H,15H2,1-2H3,(H,28,30,35). The van der Waals surface area contributed by atoms with Crippen LogP contribution < -0.4 is 24.4 Å². The van der Waals surface area contributed by atoms with Crippen LogP contribution in [0.2, 0.25) is 5.02 Å². The van der Waals surface area contributed by atoms with E-state index in [-0.39, 0.29) is 17.3 Å². The quantitative estimate of drug-likeness (QED) is 0.281. The lowest BCUT2D eigenvalue weighted by molar-refractivity contribution is -0.122. The van der Waals surface area contributed by atoms with Gasteiger partial charge in [0.05, 0.1) is 19.9 Å². The van der Waals surface area contributed by atoms with Crippen molar-refractivity contribution in [1.29, 1.82) is 0 Å². The Labute approximate surface area is 212 Å². The number of thiocarbonyl (C=S) groups is 1. The highest BCUT2D eigenvalue weighted by atomic mass is 35.5. The van der Waals surface area contributed by atoms with Gasteiger partial charge in [-0.25, -0.2) is 0 Å². The fourth-order valence-corrected chi connectivity index (χ4v) is 3.93. The summed E-state index contributed by atoms with van der Waals surface area (Å²) < 4.78 is 16.5. The van der Waals surface area contributed by atoms with E-state index in [1.807, 2.05) is 18.2 Å². The monoisotopic (exact) mass is 508 g/mol. The lowest BCUT2D eigenvalue weighted by Crippen LogP contribution is -2.54. The minimum absolute atomic E-state index is 0.00298. The van der Waals surface area contributed by atoms with Crippen LogP contribution in [0.15, 0.2) is 72.3 Å². The topological polar surface area (TPSA) is 77.1 Å². The summed E-state index contributed by atoms with van der Waals surface area (Å²) in [4.78, 5) is 27.1. The van der Waals surface area contributed by atoms with Crippen molar-refractivity contribution < 1.29 is 23.8 Å². The van der Waals surface area contributed by atoms with Crippen molar-refractivity contribution in [2.45, 2.75) is 6.61 Å². The molecule has 0 spiro atoms. The summed E-state index contributed by atoms with van der Waals surface area (Å²) in [7, 11) is 3.06. The number of methoxy groups -OCH3 is 2. The molecule has 0 saturated carbocycles. The molecule has 1 saturated heterocycles. The van der Waals surface area contributed by atoms with Crippen LogP contribution in [0.5, 0.6) is 17.2 Å². The minimum Gasteiger partial charge on any atom is -0.497 e. The van der Waals surface area contributed by atoms with E-state index in [0.717, 1.165) is 5.56 Å². The number of ether oxygens (including phenoxy) is 3. The van der Waals surface area contributed by atoms with Gasteiger partial charge in [0.25, 0.3) is 11.8 Å². The summed E-state index contributed by atoms with van der Waals surface area (Å²) in [5, 5.41) is 3.18. The molecule has 1 aliphatic heterocycles. The largest absolute Gasteiger partial charge is 0.497 e. The van der Waals surface area contributed by atoms with Gasteiger partial charge in [-0.1, -0.05) is 35.9 Å². The fraction of sp³-hybridized carbons (Fsp3) is 0.115. The average molecular weight is 509 g/mol. The van der Waals surface area contributed by atoms with Crippen molar-refractivity contribution in [3.05, 3.63) is 88.5 Å². The molecular weight excluding hydrogens is 488 g/mol. The van der Waals surface area contributed by atoms with Gasteiger partial charge in [0, 0.05) is 10.6 Å². The molecule has 0 radical (unpaired) electrons. The zero-order valence-electron chi connectivity index (χ0n) is 18.9. The third kappa shape index (κ3) is 5.29. The fourth-order valence-electron chi connectivity index (χ4n) is 3.45. The van der Waals surface area contributed by atoms with Gasteiger partial charge in [-0.15, -0.1) is 0 Å². The van der Waals surface area contributed by atoms with Gasteiger partial charge in [-0.2, -0.15) is 0 Å². The number of rotatable bonds is 7. The molecule has 35 heavy (non-hydrogen) atoms. The summed E-state index contributed by atoms with van der Waals surface area (Å²) in [6.07, 6.45) is 1.48. The van der Waals surface area contributed by atoms with Crippen LogP contribution in [0.1, 0.15) is 11.1 Å². The first-order valence-corrected chi connectivity index (χ1v) is 11.3. The Morgan fingerprint density at radius 1 is 0.971 bits per heavy atom. The van der Waals surface area contributed by atoms with E-state index in [0.29, 0.717) is 33.5 Å². The van der Waals surface area contributed by atoms with Crippen molar-refractivity contribution in [1.82, 2.24) is 5.32 Å². The highest BCUT2D eigenvalue weighted by Crippen LogP contribution is 2.31. The number of benzene rings is 3. The lowest BCUT2D eigenvalue weighted by atomic mass is 10.1. The number of hydrogen-bond donors (Lipinski definition) is 1. The molecule has 1 aliphatic rings. The third-order valence-electron chi connectivity index (χ3n) is 5.27. The average Bonchev–Trinajstić information content (AvgIpc) is 2.86. The van der Waals surface area contributed by atoms with Crippen molar-refractivity contribution >= 4 is 52.5 Å². The van der Waals surface area contributed by atoms with E-state index in [4.69, 9.17) is 38.0 Å². The maximum absolute atomic E-state index is 13.2. The molecule has 0 aromatic heterocycles. The Kier molecular flexibility index (Phi) is 7.33. The van der Waals surface area contributed by atoms with Crippen LogP contribution in [0.4, 0.5) is 5.69 Å². The summed E-state index contributed by atoms with van der Waals surface area (Å²) in [5.41, 5.74) is 1.85. The van der Waals surface area contributed by atoms with E-state index in [2.05, 4.69) is 5.32 Å². The Hall–Kier alpha value is -3.88. The highest BCUT2D eigenvalue weighted by Gasteiger charge is 2.34. The molecule has 3 aromatic rings. The van der Waals surface area contributed by atoms with Gasteiger partial charge in [-0.05, 0) is 66.3 Å². The Bertz CT molecular complexity index is 1320. The maximum Gasteiger partial charge on any atom is 0.270 e. The number of anilines is 1. The van der Waals surface area contributed by atoms with Gasteiger partial charge < -0.3 is 14.2 Å². The molecule has 9 heteroatoms. The first-order valence-electron chi connectivity index (χ1n) is 10.5. The molecule has 178 valence electrons. The molecule has 0 unspecified atom stereocenters. The molecular formula is C26H21ClN2O5S. The van der Waals surface area contributed by atoms with Crippen LogP contribution in [0, 0.1) is 0 Å².